The fourth-order valence-electron chi connectivity index (χ4n) is 5.71. The summed E-state index contributed by atoms with van der Waals surface area (Å²) in [6, 6.07) is 23.7. The van der Waals surface area contributed by atoms with Crippen LogP contribution in [-0.4, -0.2) is 68.5 Å². The summed E-state index contributed by atoms with van der Waals surface area (Å²) in [5.41, 5.74) is 3.36. The molecule has 48 heavy (non-hydrogen) atoms. The van der Waals surface area contributed by atoms with Crippen LogP contribution in [0, 0.1) is 5.82 Å². The third-order valence-corrected chi connectivity index (χ3v) is 8.73. The number of rotatable bonds is 11. The quantitative estimate of drug-likeness (QED) is 0.144. The Labute approximate surface area is 283 Å². The number of carbonyl (C=O) groups is 1. The highest BCUT2D eigenvalue weighted by Gasteiger charge is 2.36. The third-order valence-electron chi connectivity index (χ3n) is 8.43. The molecule has 0 spiro atoms. The third kappa shape index (κ3) is 6.59. The van der Waals surface area contributed by atoms with Crippen molar-refractivity contribution in [2.24, 2.45) is 0 Å². The van der Waals surface area contributed by atoms with E-state index in [-0.39, 0.29) is 36.0 Å². The Morgan fingerprint density at radius 1 is 0.875 bits per heavy atom. The molecule has 0 bridgehead atoms. The van der Waals surface area contributed by atoms with Crippen molar-refractivity contribution in [3.8, 4) is 17.2 Å². The number of amides is 1. The molecule has 0 saturated carbocycles. The number of benzene rings is 4. The highest BCUT2D eigenvalue weighted by Crippen LogP contribution is 2.41. The number of nitrogens with zero attached hydrogens (tertiary/aromatic N) is 5. The Balaban J connectivity index is 1.32. The molecular formula is C36H35ClFN5O5. The summed E-state index contributed by atoms with van der Waals surface area (Å²) >= 11 is 6.27. The smallest absolute Gasteiger partial charge is 0.410 e. The number of hydrogen-bond acceptors (Lipinski definition) is 9. The lowest BCUT2D eigenvalue weighted by Crippen LogP contribution is -2.60. The zero-order chi connectivity index (χ0) is 33.8. The van der Waals surface area contributed by atoms with Crippen LogP contribution in [0.25, 0.3) is 10.9 Å². The van der Waals surface area contributed by atoms with Gasteiger partial charge in [-0.25, -0.2) is 19.2 Å². The van der Waals surface area contributed by atoms with Gasteiger partial charge in [0, 0.05) is 38.1 Å². The van der Waals surface area contributed by atoms with Crippen LogP contribution in [0.15, 0.2) is 85.2 Å². The van der Waals surface area contributed by atoms with Crippen LogP contribution >= 0.6 is 11.6 Å². The number of halogens is 2. The van der Waals surface area contributed by atoms with Crippen molar-refractivity contribution in [1.82, 2.24) is 14.9 Å². The standard InChI is InChI=1S/C36H35ClFN5O5/c1-41(25-19-42(20-25)36(44)48-21-23-9-6-5-7-10-23)30-16-26-28(17-32(30)46-3)39-22-40-35(26)43(29-12-8-11-27(37)34(29)38)18-24-13-14-31(45-2)33(15-24)47-4/h5-17,22,25H,18-21H2,1-4H3. The summed E-state index contributed by atoms with van der Waals surface area (Å²) in [5.74, 6) is 1.60. The number of likely N-dealkylation sites (tertiary alicyclic amines) is 1. The average Bonchev–Trinajstić information content (AvgIpc) is 3.09. The first-order valence-electron chi connectivity index (χ1n) is 15.2. The Hall–Kier alpha value is -5.29. The van der Waals surface area contributed by atoms with E-state index in [1.807, 2.05) is 61.6 Å². The lowest BCUT2D eigenvalue weighted by atomic mass is 10.1. The van der Waals surface area contributed by atoms with Crippen molar-refractivity contribution >= 4 is 45.8 Å². The molecular weight excluding hydrogens is 637 g/mol. The Morgan fingerprint density at radius 3 is 2.35 bits per heavy atom. The predicted octanol–water partition coefficient (Wildman–Crippen LogP) is 7.24. The van der Waals surface area contributed by atoms with Crippen LogP contribution in [0.2, 0.25) is 5.02 Å². The summed E-state index contributed by atoms with van der Waals surface area (Å²) in [6.07, 6.45) is 1.08. The molecule has 0 atom stereocenters. The molecule has 1 aliphatic heterocycles. The molecule has 6 rings (SSSR count). The number of methoxy groups -OCH3 is 3. The van der Waals surface area contributed by atoms with Gasteiger partial charge in [-0.15, -0.1) is 0 Å². The van der Waals surface area contributed by atoms with Gasteiger partial charge < -0.3 is 33.6 Å². The summed E-state index contributed by atoms with van der Waals surface area (Å²) < 4.78 is 38.0. The fourth-order valence-corrected chi connectivity index (χ4v) is 5.88. The number of fused-ring (bicyclic) bond motifs is 1. The van der Waals surface area contributed by atoms with E-state index in [1.165, 1.54) is 12.4 Å². The van der Waals surface area contributed by atoms with Gasteiger partial charge >= 0.3 is 6.09 Å². The SMILES string of the molecule is COc1ccc(CN(c2cccc(Cl)c2F)c2ncnc3cc(OC)c(N(C)C4CN(C(=O)OCc5ccccc5)C4)cc23)cc1OC. The van der Waals surface area contributed by atoms with Crippen LogP contribution in [0.5, 0.6) is 17.2 Å². The van der Waals surface area contributed by atoms with Crippen molar-refractivity contribution in [2.75, 3.05) is 51.3 Å². The number of likely N-dealkylation sites (N-methyl/N-ethyl adjacent to an activating group) is 1. The summed E-state index contributed by atoms with van der Waals surface area (Å²) in [5, 5.41) is 0.653. The maximum Gasteiger partial charge on any atom is 0.410 e. The molecule has 5 aromatic rings. The molecule has 1 saturated heterocycles. The van der Waals surface area contributed by atoms with Gasteiger partial charge in [-0.2, -0.15) is 0 Å². The first-order chi connectivity index (χ1) is 23.3. The molecule has 1 aromatic heterocycles. The van der Waals surface area contributed by atoms with Gasteiger partial charge in [0.25, 0.3) is 0 Å². The van der Waals surface area contributed by atoms with E-state index in [9.17, 15) is 4.79 Å². The van der Waals surface area contributed by atoms with E-state index >= 15 is 4.39 Å². The van der Waals surface area contributed by atoms with E-state index < -0.39 is 5.82 Å². The van der Waals surface area contributed by atoms with Crippen LogP contribution in [-0.2, 0) is 17.9 Å². The second-order valence-electron chi connectivity index (χ2n) is 11.3. The van der Waals surface area contributed by atoms with Gasteiger partial charge in [0.05, 0.1) is 49.3 Å². The molecule has 1 fully saturated rings. The minimum absolute atomic E-state index is 0.00180. The lowest BCUT2D eigenvalue weighted by Gasteiger charge is -2.44. The Kier molecular flexibility index (Phi) is 9.67. The van der Waals surface area contributed by atoms with E-state index in [0.29, 0.717) is 47.1 Å². The summed E-state index contributed by atoms with van der Waals surface area (Å²) in [7, 11) is 6.68. The Morgan fingerprint density at radius 2 is 1.62 bits per heavy atom. The minimum atomic E-state index is -0.578. The van der Waals surface area contributed by atoms with Crippen molar-refractivity contribution in [3.05, 3.63) is 107 Å². The second kappa shape index (κ2) is 14.2. The van der Waals surface area contributed by atoms with Crippen LogP contribution in [0.1, 0.15) is 11.1 Å². The van der Waals surface area contributed by atoms with Crippen molar-refractivity contribution in [2.45, 2.75) is 19.2 Å². The summed E-state index contributed by atoms with van der Waals surface area (Å²) in [4.78, 5) is 27.4. The number of carbonyl (C=O) groups excluding carboxylic acids is 1. The highest BCUT2D eigenvalue weighted by atomic mass is 35.5. The van der Waals surface area contributed by atoms with E-state index in [0.717, 1.165) is 16.8 Å². The topological polar surface area (TPSA) is 89.5 Å². The van der Waals surface area contributed by atoms with Gasteiger partial charge in [-0.1, -0.05) is 54.1 Å². The van der Waals surface area contributed by atoms with Gasteiger partial charge in [-0.05, 0) is 41.5 Å². The number of anilines is 3. The molecule has 0 N–H and O–H groups in total. The van der Waals surface area contributed by atoms with E-state index in [1.54, 1.807) is 49.3 Å². The number of ether oxygens (including phenoxy) is 4. The molecule has 2 heterocycles. The van der Waals surface area contributed by atoms with Gasteiger partial charge in [-0.3, -0.25) is 0 Å². The molecule has 0 unspecified atom stereocenters. The van der Waals surface area contributed by atoms with Crippen molar-refractivity contribution < 1.29 is 28.1 Å². The van der Waals surface area contributed by atoms with Gasteiger partial charge in [0.1, 0.15) is 24.5 Å². The van der Waals surface area contributed by atoms with Gasteiger partial charge in [0.2, 0.25) is 0 Å². The number of aromatic nitrogens is 2. The maximum atomic E-state index is 15.7. The molecule has 1 amide bonds. The Bertz CT molecular complexity index is 1930. The summed E-state index contributed by atoms with van der Waals surface area (Å²) in [6.45, 7) is 1.39. The maximum absolute atomic E-state index is 15.7. The zero-order valence-corrected chi connectivity index (χ0v) is 27.8. The van der Waals surface area contributed by atoms with Gasteiger partial charge in [0.15, 0.2) is 17.3 Å². The molecule has 248 valence electrons. The molecule has 4 aromatic carbocycles. The fraction of sp³-hybridized carbons (Fsp3) is 0.250. The average molecular weight is 672 g/mol. The zero-order valence-electron chi connectivity index (χ0n) is 27.0. The molecule has 0 aliphatic carbocycles. The first-order valence-corrected chi connectivity index (χ1v) is 15.6. The molecule has 0 radical (unpaired) electrons. The number of hydrogen-bond donors (Lipinski definition) is 0. The van der Waals surface area contributed by atoms with Crippen molar-refractivity contribution in [3.63, 3.8) is 0 Å². The highest BCUT2D eigenvalue weighted by molar-refractivity contribution is 6.31. The molecule has 12 heteroatoms. The second-order valence-corrected chi connectivity index (χ2v) is 11.7. The minimum Gasteiger partial charge on any atom is -0.495 e. The molecule has 1 aliphatic rings. The van der Waals surface area contributed by atoms with Crippen LogP contribution in [0.4, 0.5) is 26.4 Å². The van der Waals surface area contributed by atoms with Crippen molar-refractivity contribution in [1.29, 1.82) is 0 Å². The molecule has 10 nitrogen and oxygen atoms in total. The lowest BCUT2D eigenvalue weighted by molar-refractivity contribution is 0.0666. The normalized spacial score (nSPS) is 12.8. The van der Waals surface area contributed by atoms with Crippen LogP contribution in [0.3, 0.4) is 0 Å². The first kappa shape index (κ1) is 32.6. The monoisotopic (exact) mass is 671 g/mol. The van der Waals surface area contributed by atoms with E-state index in [4.69, 9.17) is 30.5 Å². The predicted molar refractivity (Wildman–Crippen MR) is 183 cm³/mol. The van der Waals surface area contributed by atoms with Crippen LogP contribution < -0.4 is 24.0 Å². The van der Waals surface area contributed by atoms with E-state index in [2.05, 4.69) is 14.9 Å². The largest absolute Gasteiger partial charge is 0.495 e.